The number of hydrogen-bond donors (Lipinski definition) is 1. The van der Waals surface area contributed by atoms with Crippen LogP contribution in [0.15, 0.2) is 0 Å². The van der Waals surface area contributed by atoms with Gasteiger partial charge in [0, 0.05) is 12.1 Å². The molecule has 1 N–H and O–H groups in total. The smallest absolute Gasteiger partial charge is 0.106 e. The van der Waals surface area contributed by atoms with Crippen molar-refractivity contribution in [3.05, 3.63) is 17.2 Å². The van der Waals surface area contributed by atoms with Gasteiger partial charge in [-0.3, -0.25) is 0 Å². The van der Waals surface area contributed by atoms with Crippen LogP contribution >= 0.6 is 12.4 Å². The number of hydrogen-bond acceptors (Lipinski definition) is 1. The standard InChI is InChI=1S/C18H34N2.ClH/c1-4-5-6-7-8-9-10-11-12-13-14-15-18-19-16(2)17(3)20-18;/h4-15H2,1-3H3,(H,19,20);1H. The number of rotatable bonds is 12. The first-order valence-electron chi connectivity index (χ1n) is 8.76. The summed E-state index contributed by atoms with van der Waals surface area (Å²) in [7, 11) is 0. The third-order valence-electron chi connectivity index (χ3n) is 4.19. The van der Waals surface area contributed by atoms with Crippen LogP contribution in [0.2, 0.25) is 0 Å². The second kappa shape index (κ2) is 13.2. The van der Waals surface area contributed by atoms with Crippen LogP contribution in [-0.2, 0) is 6.42 Å². The molecule has 1 aromatic rings. The summed E-state index contributed by atoms with van der Waals surface area (Å²) in [4.78, 5) is 7.91. The normalized spacial score (nSPS) is 10.6. The molecular formula is C18H35ClN2. The number of H-pyrrole nitrogens is 1. The summed E-state index contributed by atoms with van der Waals surface area (Å²) in [6, 6.07) is 0. The lowest BCUT2D eigenvalue weighted by molar-refractivity contribution is 0.548. The largest absolute Gasteiger partial charge is 0.346 e. The number of unbranched alkanes of at least 4 members (excludes halogenated alkanes) is 10. The quantitative estimate of drug-likeness (QED) is 0.450. The van der Waals surface area contributed by atoms with Crippen molar-refractivity contribution in [3.8, 4) is 0 Å². The van der Waals surface area contributed by atoms with Gasteiger partial charge in [0.1, 0.15) is 5.82 Å². The molecule has 0 saturated carbocycles. The number of nitrogens with one attached hydrogen (secondary N) is 1. The van der Waals surface area contributed by atoms with E-state index in [-0.39, 0.29) is 12.4 Å². The van der Waals surface area contributed by atoms with Crippen LogP contribution in [0, 0.1) is 13.8 Å². The minimum absolute atomic E-state index is 0. The van der Waals surface area contributed by atoms with Crippen LogP contribution in [0.4, 0.5) is 0 Å². The average Bonchev–Trinajstić information content (AvgIpc) is 2.75. The molecule has 0 spiro atoms. The van der Waals surface area contributed by atoms with Crippen molar-refractivity contribution < 1.29 is 0 Å². The van der Waals surface area contributed by atoms with E-state index in [0.29, 0.717) is 0 Å². The van der Waals surface area contributed by atoms with Gasteiger partial charge >= 0.3 is 0 Å². The van der Waals surface area contributed by atoms with E-state index in [9.17, 15) is 0 Å². The van der Waals surface area contributed by atoms with Crippen LogP contribution in [-0.4, -0.2) is 9.97 Å². The zero-order chi connectivity index (χ0) is 14.6. The van der Waals surface area contributed by atoms with E-state index in [1.807, 2.05) is 0 Å². The molecule has 21 heavy (non-hydrogen) atoms. The summed E-state index contributed by atoms with van der Waals surface area (Å²) in [5, 5.41) is 0. The molecule has 0 unspecified atom stereocenters. The molecule has 1 rings (SSSR count). The molecular weight excluding hydrogens is 280 g/mol. The third-order valence-corrected chi connectivity index (χ3v) is 4.19. The maximum absolute atomic E-state index is 4.54. The van der Waals surface area contributed by atoms with Gasteiger partial charge in [-0.2, -0.15) is 0 Å². The van der Waals surface area contributed by atoms with E-state index in [1.54, 1.807) is 0 Å². The molecule has 0 aliphatic heterocycles. The van der Waals surface area contributed by atoms with Crippen molar-refractivity contribution in [2.75, 3.05) is 0 Å². The average molecular weight is 315 g/mol. The summed E-state index contributed by atoms with van der Waals surface area (Å²) in [5.41, 5.74) is 2.38. The van der Waals surface area contributed by atoms with Crippen LogP contribution in [0.25, 0.3) is 0 Å². The van der Waals surface area contributed by atoms with E-state index in [2.05, 4.69) is 30.7 Å². The zero-order valence-electron chi connectivity index (χ0n) is 14.3. The number of imidazole rings is 1. The fraction of sp³-hybridized carbons (Fsp3) is 0.833. The van der Waals surface area contributed by atoms with Gasteiger partial charge in [0.25, 0.3) is 0 Å². The van der Waals surface area contributed by atoms with Crippen LogP contribution in [0.1, 0.15) is 94.8 Å². The van der Waals surface area contributed by atoms with E-state index >= 15 is 0 Å². The molecule has 0 aliphatic carbocycles. The van der Waals surface area contributed by atoms with Gasteiger partial charge in [0.2, 0.25) is 0 Å². The fourth-order valence-electron chi connectivity index (χ4n) is 2.70. The summed E-state index contributed by atoms with van der Waals surface area (Å²) >= 11 is 0. The second-order valence-electron chi connectivity index (χ2n) is 6.18. The highest BCUT2D eigenvalue weighted by Crippen LogP contribution is 2.12. The molecule has 1 aromatic heterocycles. The van der Waals surface area contributed by atoms with Crippen LogP contribution in [0.3, 0.4) is 0 Å². The van der Waals surface area contributed by atoms with Crippen LogP contribution in [0.5, 0.6) is 0 Å². The van der Waals surface area contributed by atoms with Gasteiger partial charge in [-0.15, -0.1) is 12.4 Å². The summed E-state index contributed by atoms with van der Waals surface area (Å²) in [6.07, 6.45) is 16.6. The Morgan fingerprint density at radius 3 is 1.67 bits per heavy atom. The molecule has 0 amide bonds. The maximum atomic E-state index is 4.54. The molecule has 0 fully saturated rings. The lowest BCUT2D eigenvalue weighted by atomic mass is 10.1. The Hall–Kier alpha value is -0.500. The molecule has 0 radical (unpaired) electrons. The van der Waals surface area contributed by atoms with Crippen molar-refractivity contribution in [2.24, 2.45) is 0 Å². The Labute approximate surface area is 137 Å². The topological polar surface area (TPSA) is 28.7 Å². The van der Waals surface area contributed by atoms with Gasteiger partial charge in [-0.1, -0.05) is 71.1 Å². The number of nitrogens with zero attached hydrogens (tertiary/aromatic N) is 1. The second-order valence-corrected chi connectivity index (χ2v) is 6.18. The highest BCUT2D eigenvalue weighted by atomic mass is 35.5. The van der Waals surface area contributed by atoms with E-state index < -0.39 is 0 Å². The highest BCUT2D eigenvalue weighted by Gasteiger charge is 2.01. The summed E-state index contributed by atoms with van der Waals surface area (Å²) < 4.78 is 0. The molecule has 0 aromatic carbocycles. The Kier molecular flexibility index (Phi) is 12.9. The molecule has 1 heterocycles. The van der Waals surface area contributed by atoms with Gasteiger partial charge in [0.05, 0.1) is 5.69 Å². The first-order valence-corrected chi connectivity index (χ1v) is 8.76. The monoisotopic (exact) mass is 314 g/mol. The molecule has 0 bridgehead atoms. The number of aryl methyl sites for hydroxylation is 3. The first kappa shape index (κ1) is 20.5. The third kappa shape index (κ3) is 9.95. The van der Waals surface area contributed by atoms with Gasteiger partial charge in [-0.05, 0) is 20.3 Å². The Bertz CT molecular complexity index is 327. The Morgan fingerprint density at radius 1 is 0.762 bits per heavy atom. The minimum Gasteiger partial charge on any atom is -0.346 e. The lowest BCUT2D eigenvalue weighted by Crippen LogP contribution is -1.89. The number of aromatic nitrogens is 2. The maximum Gasteiger partial charge on any atom is 0.106 e. The number of halogens is 1. The van der Waals surface area contributed by atoms with E-state index in [0.717, 1.165) is 12.1 Å². The molecule has 3 heteroatoms. The Balaban J connectivity index is 0.00000400. The van der Waals surface area contributed by atoms with Crippen molar-refractivity contribution in [3.63, 3.8) is 0 Å². The highest BCUT2D eigenvalue weighted by molar-refractivity contribution is 5.85. The van der Waals surface area contributed by atoms with Gasteiger partial charge in [-0.25, -0.2) is 4.98 Å². The summed E-state index contributed by atoms with van der Waals surface area (Å²) in [6.45, 7) is 6.47. The van der Waals surface area contributed by atoms with E-state index in [4.69, 9.17) is 0 Å². The van der Waals surface area contributed by atoms with Crippen molar-refractivity contribution >= 4 is 12.4 Å². The Morgan fingerprint density at radius 2 is 1.24 bits per heavy atom. The first-order chi connectivity index (χ1) is 9.74. The lowest BCUT2D eigenvalue weighted by Gasteiger charge is -2.02. The molecule has 2 nitrogen and oxygen atoms in total. The van der Waals surface area contributed by atoms with Crippen molar-refractivity contribution in [2.45, 2.75) is 97.8 Å². The molecule has 0 saturated heterocycles. The predicted molar refractivity (Wildman–Crippen MR) is 95.5 cm³/mol. The fourth-order valence-corrected chi connectivity index (χ4v) is 2.70. The summed E-state index contributed by atoms with van der Waals surface area (Å²) in [5.74, 6) is 1.18. The van der Waals surface area contributed by atoms with Crippen LogP contribution < -0.4 is 0 Å². The van der Waals surface area contributed by atoms with Crippen molar-refractivity contribution in [1.82, 2.24) is 9.97 Å². The zero-order valence-corrected chi connectivity index (χ0v) is 15.2. The van der Waals surface area contributed by atoms with Gasteiger partial charge < -0.3 is 4.98 Å². The SMILES string of the molecule is CCCCCCCCCCCCCc1nc(C)c(C)[nH]1.Cl. The molecule has 0 atom stereocenters. The van der Waals surface area contributed by atoms with Crippen molar-refractivity contribution in [1.29, 1.82) is 0 Å². The molecule has 0 aliphatic rings. The number of aromatic amines is 1. The predicted octanol–water partition coefficient (Wildman–Crippen LogP) is 6.30. The molecule has 124 valence electrons. The van der Waals surface area contributed by atoms with Gasteiger partial charge in [0.15, 0.2) is 0 Å². The van der Waals surface area contributed by atoms with E-state index in [1.165, 1.54) is 82.1 Å². The minimum atomic E-state index is 0.